The Morgan fingerprint density at radius 3 is 2.52 bits per heavy atom. The molecule has 0 atom stereocenters. The third-order valence-electron chi connectivity index (χ3n) is 3.99. The highest BCUT2D eigenvalue weighted by Gasteiger charge is 2.28. The van der Waals surface area contributed by atoms with Crippen molar-refractivity contribution in [2.75, 3.05) is 32.8 Å². The maximum absolute atomic E-state index is 12.6. The molecule has 1 fully saturated rings. The monoisotopic (exact) mass is 417 g/mol. The number of nitrogens with one attached hydrogen (secondary N) is 1. The fourth-order valence-electron chi connectivity index (χ4n) is 2.53. The predicted octanol–water partition coefficient (Wildman–Crippen LogP) is 1.08. The molecule has 11 heteroatoms. The first-order valence-corrected chi connectivity index (χ1v) is 10.1. The number of carbonyl (C=O) groups excluding carboxylic acids is 3. The molecule has 27 heavy (non-hydrogen) atoms. The van der Waals surface area contributed by atoms with Crippen LogP contribution in [-0.4, -0.2) is 68.3 Å². The van der Waals surface area contributed by atoms with Crippen LogP contribution in [0, 0.1) is 0 Å². The Balaban J connectivity index is 2.16. The van der Waals surface area contributed by atoms with E-state index in [1.54, 1.807) is 13.8 Å². The van der Waals surface area contributed by atoms with Crippen LogP contribution in [0.5, 0.6) is 0 Å². The molecule has 1 N–H and O–H groups in total. The van der Waals surface area contributed by atoms with Gasteiger partial charge in [-0.15, -0.1) is 0 Å². The Hall–Kier alpha value is -2.17. The van der Waals surface area contributed by atoms with E-state index in [1.807, 2.05) is 0 Å². The number of halogens is 1. The number of ether oxygens (including phenoxy) is 1. The lowest BCUT2D eigenvalue weighted by molar-refractivity contribution is -0.130. The van der Waals surface area contributed by atoms with Crippen molar-refractivity contribution in [3.8, 4) is 0 Å². The van der Waals surface area contributed by atoms with E-state index in [4.69, 9.17) is 16.3 Å². The number of carbonyl (C=O) groups is 3. The Kier molecular flexibility index (Phi) is 6.79. The maximum atomic E-state index is 12.6. The van der Waals surface area contributed by atoms with Crippen molar-refractivity contribution in [1.82, 2.24) is 14.5 Å². The van der Waals surface area contributed by atoms with Gasteiger partial charge in [-0.3, -0.25) is 9.69 Å². The van der Waals surface area contributed by atoms with Crippen LogP contribution < -0.4 is 5.32 Å². The van der Waals surface area contributed by atoms with Crippen LogP contribution in [0.15, 0.2) is 23.1 Å². The van der Waals surface area contributed by atoms with Crippen molar-refractivity contribution in [3.05, 3.63) is 28.8 Å². The van der Waals surface area contributed by atoms with Gasteiger partial charge in [-0.2, -0.15) is 4.31 Å². The summed E-state index contributed by atoms with van der Waals surface area (Å²) >= 11 is 5.99. The molecule has 1 heterocycles. The van der Waals surface area contributed by atoms with E-state index in [1.165, 1.54) is 16.4 Å². The van der Waals surface area contributed by atoms with Gasteiger partial charge in [0.25, 0.3) is 5.91 Å². The molecule has 1 aliphatic heterocycles. The van der Waals surface area contributed by atoms with Crippen LogP contribution in [0.1, 0.15) is 24.2 Å². The Morgan fingerprint density at radius 2 is 1.96 bits per heavy atom. The Labute approximate surface area is 162 Å². The number of nitrogens with zero attached hydrogens (tertiary/aromatic N) is 2. The molecule has 1 aromatic carbocycles. The molecular formula is C16H20ClN3O6S. The van der Waals surface area contributed by atoms with Gasteiger partial charge < -0.3 is 10.1 Å². The van der Waals surface area contributed by atoms with Gasteiger partial charge in [-0.05, 0) is 18.2 Å². The summed E-state index contributed by atoms with van der Waals surface area (Å²) in [5.74, 6) is -1.63. The van der Waals surface area contributed by atoms with Gasteiger partial charge in [0.15, 0.2) is 6.61 Å². The van der Waals surface area contributed by atoms with E-state index in [9.17, 15) is 22.8 Å². The summed E-state index contributed by atoms with van der Waals surface area (Å²) in [7, 11) is -3.79. The minimum absolute atomic E-state index is 0.00939. The highest BCUT2D eigenvalue weighted by Crippen LogP contribution is 2.23. The first kappa shape index (κ1) is 21.1. The number of esters is 1. The number of hydrogen-bond donors (Lipinski definition) is 1. The van der Waals surface area contributed by atoms with E-state index in [-0.39, 0.29) is 35.1 Å². The first-order valence-electron chi connectivity index (χ1n) is 8.27. The van der Waals surface area contributed by atoms with Crippen LogP contribution in [0.2, 0.25) is 5.02 Å². The zero-order valence-corrected chi connectivity index (χ0v) is 16.5. The topological polar surface area (TPSA) is 113 Å². The second-order valence-electron chi connectivity index (χ2n) is 5.58. The number of benzene rings is 1. The number of amides is 3. The molecule has 2 rings (SSSR count). The van der Waals surface area contributed by atoms with Gasteiger partial charge >= 0.3 is 12.0 Å². The van der Waals surface area contributed by atoms with Gasteiger partial charge in [0.1, 0.15) is 0 Å². The normalized spacial score (nSPS) is 14.4. The van der Waals surface area contributed by atoms with Crippen LogP contribution in [0.3, 0.4) is 0 Å². The molecule has 0 radical (unpaired) electrons. The molecule has 1 aliphatic rings. The van der Waals surface area contributed by atoms with Crippen molar-refractivity contribution < 1.29 is 27.5 Å². The molecule has 1 saturated heterocycles. The molecule has 1 aromatic rings. The summed E-state index contributed by atoms with van der Waals surface area (Å²) in [6.07, 6.45) is 0. The van der Waals surface area contributed by atoms with Crippen molar-refractivity contribution in [3.63, 3.8) is 0 Å². The summed E-state index contributed by atoms with van der Waals surface area (Å²) < 4.78 is 31.3. The maximum Gasteiger partial charge on any atom is 0.340 e. The lowest BCUT2D eigenvalue weighted by Gasteiger charge is -2.19. The highest BCUT2D eigenvalue weighted by molar-refractivity contribution is 7.89. The van der Waals surface area contributed by atoms with Crippen molar-refractivity contribution in [1.29, 1.82) is 0 Å². The third-order valence-corrected chi connectivity index (χ3v) is 6.36. The zero-order valence-electron chi connectivity index (χ0n) is 14.9. The molecule has 9 nitrogen and oxygen atoms in total. The Morgan fingerprint density at radius 1 is 1.30 bits per heavy atom. The smallest absolute Gasteiger partial charge is 0.340 e. The molecular weight excluding hydrogens is 398 g/mol. The van der Waals surface area contributed by atoms with Gasteiger partial charge in [0, 0.05) is 26.2 Å². The molecule has 3 amide bonds. The number of sulfonamides is 1. The third kappa shape index (κ3) is 4.57. The molecule has 0 aromatic heterocycles. The van der Waals surface area contributed by atoms with Gasteiger partial charge in [-0.25, -0.2) is 18.0 Å². The molecule has 0 unspecified atom stereocenters. The van der Waals surface area contributed by atoms with Crippen LogP contribution in [0.4, 0.5) is 4.79 Å². The predicted molar refractivity (Wildman–Crippen MR) is 97.0 cm³/mol. The van der Waals surface area contributed by atoms with E-state index in [0.717, 1.165) is 11.0 Å². The van der Waals surface area contributed by atoms with Crippen molar-refractivity contribution in [2.24, 2.45) is 0 Å². The number of rotatable bonds is 7. The lowest BCUT2D eigenvalue weighted by atomic mass is 10.2. The largest absolute Gasteiger partial charge is 0.452 e. The molecule has 0 bridgehead atoms. The number of hydrogen-bond acceptors (Lipinski definition) is 6. The minimum atomic E-state index is -3.79. The summed E-state index contributed by atoms with van der Waals surface area (Å²) in [5.41, 5.74) is -0.177. The standard InChI is InChI=1S/C16H20ClN3O6S/c1-3-19(4-2)27(24,25)11-5-6-13(17)12(9-11)15(22)26-10-14(21)20-8-7-18-16(20)23/h5-6,9H,3-4,7-8,10H2,1-2H3,(H,18,23). The molecule has 0 spiro atoms. The minimum Gasteiger partial charge on any atom is -0.452 e. The summed E-state index contributed by atoms with van der Waals surface area (Å²) in [6.45, 7) is 3.80. The van der Waals surface area contributed by atoms with Crippen LogP contribution >= 0.6 is 11.6 Å². The fourth-order valence-corrected chi connectivity index (χ4v) is 4.21. The number of imide groups is 1. The van der Waals surface area contributed by atoms with Gasteiger partial charge in [-0.1, -0.05) is 25.4 Å². The lowest BCUT2D eigenvalue weighted by Crippen LogP contribution is -2.37. The van der Waals surface area contributed by atoms with E-state index < -0.39 is 34.5 Å². The quantitative estimate of drug-likeness (QED) is 0.664. The molecule has 148 valence electrons. The number of urea groups is 1. The van der Waals surface area contributed by atoms with Crippen LogP contribution in [-0.2, 0) is 19.6 Å². The summed E-state index contributed by atoms with van der Waals surface area (Å²) in [5, 5.41) is 2.45. The summed E-state index contributed by atoms with van der Waals surface area (Å²) in [4.78, 5) is 36.4. The van der Waals surface area contributed by atoms with Gasteiger partial charge in [0.2, 0.25) is 10.0 Å². The highest BCUT2D eigenvalue weighted by atomic mass is 35.5. The zero-order chi connectivity index (χ0) is 20.2. The Bertz CT molecular complexity index is 854. The van der Waals surface area contributed by atoms with Crippen LogP contribution in [0.25, 0.3) is 0 Å². The SMILES string of the molecule is CCN(CC)S(=O)(=O)c1ccc(Cl)c(C(=O)OCC(=O)N2CCNC2=O)c1. The second-order valence-corrected chi connectivity index (χ2v) is 7.93. The van der Waals surface area contributed by atoms with Crippen molar-refractivity contribution in [2.45, 2.75) is 18.7 Å². The van der Waals surface area contributed by atoms with Gasteiger partial charge in [0.05, 0.1) is 15.5 Å². The molecule has 0 saturated carbocycles. The molecule has 0 aliphatic carbocycles. The van der Waals surface area contributed by atoms with E-state index in [2.05, 4.69) is 5.32 Å². The average molecular weight is 418 g/mol. The average Bonchev–Trinajstić information content (AvgIpc) is 3.06. The fraction of sp³-hybridized carbons (Fsp3) is 0.438. The second kappa shape index (κ2) is 8.68. The first-order chi connectivity index (χ1) is 12.7. The van der Waals surface area contributed by atoms with E-state index in [0.29, 0.717) is 6.54 Å². The summed E-state index contributed by atoms with van der Waals surface area (Å²) in [6, 6.07) is 3.14. The van der Waals surface area contributed by atoms with Crippen molar-refractivity contribution >= 4 is 39.5 Å². The van der Waals surface area contributed by atoms with E-state index >= 15 is 0 Å².